The lowest BCUT2D eigenvalue weighted by atomic mass is 10.1. The number of aliphatic hydroxyl groups is 1. The second-order valence-electron chi connectivity index (χ2n) is 4.74. The van der Waals surface area contributed by atoms with Crippen molar-refractivity contribution in [1.29, 1.82) is 0 Å². The standard InChI is InChI=1S/C15H14F3NO3/c1-9-12(5-6-22-9)14(21)19-8-13(20)10-3-2-4-11(7-10)15(16,17)18/h2-7,13,20H,8H2,1H3,(H,19,21). The largest absolute Gasteiger partial charge is 0.469 e. The molecule has 1 heterocycles. The predicted octanol–water partition coefficient (Wildman–Crippen LogP) is 3.07. The zero-order valence-corrected chi connectivity index (χ0v) is 11.6. The van der Waals surface area contributed by atoms with Gasteiger partial charge in [-0.05, 0) is 30.7 Å². The van der Waals surface area contributed by atoms with Crippen molar-refractivity contribution in [3.63, 3.8) is 0 Å². The molecular weight excluding hydrogens is 299 g/mol. The van der Waals surface area contributed by atoms with Crippen molar-refractivity contribution in [3.05, 3.63) is 59.0 Å². The highest BCUT2D eigenvalue weighted by molar-refractivity contribution is 5.95. The van der Waals surface area contributed by atoms with Crippen molar-refractivity contribution in [2.45, 2.75) is 19.2 Å². The van der Waals surface area contributed by atoms with E-state index >= 15 is 0 Å². The number of hydrogen-bond donors (Lipinski definition) is 2. The summed E-state index contributed by atoms with van der Waals surface area (Å²) in [5.41, 5.74) is -0.448. The fourth-order valence-corrected chi connectivity index (χ4v) is 1.95. The highest BCUT2D eigenvalue weighted by Gasteiger charge is 2.30. The fraction of sp³-hybridized carbons (Fsp3) is 0.267. The van der Waals surface area contributed by atoms with E-state index in [2.05, 4.69) is 5.32 Å². The maximum absolute atomic E-state index is 12.6. The Bertz CT molecular complexity index is 664. The molecule has 0 aliphatic carbocycles. The van der Waals surface area contributed by atoms with Crippen molar-refractivity contribution in [2.75, 3.05) is 6.54 Å². The molecule has 1 amide bonds. The number of benzene rings is 1. The zero-order chi connectivity index (χ0) is 16.3. The molecule has 0 aliphatic rings. The molecule has 22 heavy (non-hydrogen) atoms. The number of rotatable bonds is 4. The monoisotopic (exact) mass is 313 g/mol. The van der Waals surface area contributed by atoms with Crippen LogP contribution in [0.4, 0.5) is 13.2 Å². The summed E-state index contributed by atoms with van der Waals surface area (Å²) in [5, 5.41) is 12.4. The van der Waals surface area contributed by atoms with Crippen LogP contribution in [0.25, 0.3) is 0 Å². The number of hydrogen-bond acceptors (Lipinski definition) is 3. The Morgan fingerprint density at radius 2 is 2.09 bits per heavy atom. The summed E-state index contributed by atoms with van der Waals surface area (Å²) < 4.78 is 42.8. The fourth-order valence-electron chi connectivity index (χ4n) is 1.95. The lowest BCUT2D eigenvalue weighted by molar-refractivity contribution is -0.137. The summed E-state index contributed by atoms with van der Waals surface area (Å²) in [5.74, 6) is -0.0386. The van der Waals surface area contributed by atoms with Gasteiger partial charge in [0.1, 0.15) is 5.76 Å². The Labute approximate surface area is 124 Å². The summed E-state index contributed by atoms with van der Waals surface area (Å²) in [4.78, 5) is 11.8. The van der Waals surface area contributed by atoms with Gasteiger partial charge in [-0.2, -0.15) is 13.2 Å². The van der Waals surface area contributed by atoms with Crippen molar-refractivity contribution in [2.24, 2.45) is 0 Å². The van der Waals surface area contributed by atoms with Crippen LogP contribution in [0.1, 0.15) is 33.3 Å². The van der Waals surface area contributed by atoms with Gasteiger partial charge in [-0.15, -0.1) is 0 Å². The third-order valence-corrected chi connectivity index (χ3v) is 3.16. The van der Waals surface area contributed by atoms with E-state index in [0.717, 1.165) is 12.1 Å². The molecule has 2 N–H and O–H groups in total. The van der Waals surface area contributed by atoms with E-state index in [0.29, 0.717) is 11.3 Å². The second-order valence-corrected chi connectivity index (χ2v) is 4.74. The molecule has 0 spiro atoms. The lowest BCUT2D eigenvalue weighted by Gasteiger charge is -2.14. The molecule has 0 bridgehead atoms. The topological polar surface area (TPSA) is 62.5 Å². The lowest BCUT2D eigenvalue weighted by Crippen LogP contribution is -2.28. The number of amides is 1. The third kappa shape index (κ3) is 3.67. The van der Waals surface area contributed by atoms with Crippen LogP contribution in [0.2, 0.25) is 0 Å². The van der Waals surface area contributed by atoms with Gasteiger partial charge >= 0.3 is 6.18 Å². The third-order valence-electron chi connectivity index (χ3n) is 3.16. The van der Waals surface area contributed by atoms with Gasteiger partial charge in [0.05, 0.1) is 23.5 Å². The molecule has 118 valence electrons. The van der Waals surface area contributed by atoms with Gasteiger partial charge in [0, 0.05) is 6.54 Å². The molecule has 1 aromatic heterocycles. The minimum Gasteiger partial charge on any atom is -0.469 e. The van der Waals surface area contributed by atoms with Gasteiger partial charge in [0.2, 0.25) is 0 Å². The Morgan fingerprint density at radius 1 is 1.36 bits per heavy atom. The number of carbonyl (C=O) groups is 1. The molecule has 0 saturated heterocycles. The van der Waals surface area contributed by atoms with Crippen molar-refractivity contribution in [1.82, 2.24) is 5.32 Å². The van der Waals surface area contributed by atoms with E-state index in [4.69, 9.17) is 4.42 Å². The Kier molecular flexibility index (Phi) is 4.56. The van der Waals surface area contributed by atoms with E-state index in [9.17, 15) is 23.1 Å². The number of carbonyl (C=O) groups excluding carboxylic acids is 1. The van der Waals surface area contributed by atoms with Gasteiger partial charge in [-0.3, -0.25) is 4.79 Å². The molecule has 1 atom stereocenters. The minimum absolute atomic E-state index is 0.0824. The molecule has 0 saturated carbocycles. The number of halogens is 3. The maximum Gasteiger partial charge on any atom is 0.416 e. The van der Waals surface area contributed by atoms with Gasteiger partial charge in [0.25, 0.3) is 5.91 Å². The minimum atomic E-state index is -4.48. The Balaban J connectivity index is 2.02. The van der Waals surface area contributed by atoms with E-state index in [1.54, 1.807) is 6.92 Å². The quantitative estimate of drug-likeness (QED) is 0.912. The van der Waals surface area contributed by atoms with Gasteiger partial charge < -0.3 is 14.8 Å². The number of aliphatic hydroxyl groups excluding tert-OH is 1. The van der Waals surface area contributed by atoms with Crippen LogP contribution in [-0.2, 0) is 6.18 Å². The van der Waals surface area contributed by atoms with E-state index in [1.807, 2.05) is 0 Å². The van der Waals surface area contributed by atoms with Gasteiger partial charge in [-0.1, -0.05) is 12.1 Å². The van der Waals surface area contributed by atoms with Crippen molar-refractivity contribution >= 4 is 5.91 Å². The summed E-state index contributed by atoms with van der Waals surface area (Å²) >= 11 is 0. The van der Waals surface area contributed by atoms with Crippen LogP contribution < -0.4 is 5.32 Å². The van der Waals surface area contributed by atoms with Crippen LogP contribution >= 0.6 is 0 Å². The molecule has 7 heteroatoms. The first-order valence-corrected chi connectivity index (χ1v) is 6.46. The van der Waals surface area contributed by atoms with Crippen LogP contribution in [0.15, 0.2) is 41.0 Å². The van der Waals surface area contributed by atoms with Crippen LogP contribution in [0, 0.1) is 6.92 Å². The number of nitrogens with one attached hydrogen (secondary N) is 1. The number of aryl methyl sites for hydroxylation is 1. The molecule has 4 nitrogen and oxygen atoms in total. The maximum atomic E-state index is 12.6. The SMILES string of the molecule is Cc1occc1C(=O)NCC(O)c1cccc(C(F)(F)F)c1. The highest BCUT2D eigenvalue weighted by Crippen LogP contribution is 2.30. The predicted molar refractivity (Wildman–Crippen MR) is 72.2 cm³/mol. The molecule has 0 radical (unpaired) electrons. The molecule has 2 rings (SSSR count). The Morgan fingerprint density at radius 3 is 2.68 bits per heavy atom. The van der Waals surface area contributed by atoms with Gasteiger partial charge in [-0.25, -0.2) is 0 Å². The summed E-state index contributed by atoms with van der Waals surface area (Å²) in [6.45, 7) is 1.41. The van der Waals surface area contributed by atoms with Crippen LogP contribution in [0.5, 0.6) is 0 Å². The first-order chi connectivity index (χ1) is 10.3. The molecule has 0 aliphatic heterocycles. The Hall–Kier alpha value is -2.28. The smallest absolute Gasteiger partial charge is 0.416 e. The summed E-state index contributed by atoms with van der Waals surface area (Å²) in [6, 6.07) is 5.84. The summed E-state index contributed by atoms with van der Waals surface area (Å²) in [7, 11) is 0. The molecule has 0 fully saturated rings. The average Bonchev–Trinajstić information content (AvgIpc) is 2.90. The van der Waals surface area contributed by atoms with Gasteiger partial charge in [0.15, 0.2) is 0 Å². The summed E-state index contributed by atoms with van der Waals surface area (Å²) in [6.07, 6.45) is -4.36. The first-order valence-electron chi connectivity index (χ1n) is 6.46. The molecular formula is C15H14F3NO3. The highest BCUT2D eigenvalue weighted by atomic mass is 19.4. The van der Waals surface area contributed by atoms with Crippen LogP contribution in [0.3, 0.4) is 0 Å². The average molecular weight is 313 g/mol. The molecule has 1 aromatic carbocycles. The number of furan rings is 1. The zero-order valence-electron chi connectivity index (χ0n) is 11.6. The second kappa shape index (κ2) is 6.23. The first kappa shape index (κ1) is 16.1. The van der Waals surface area contributed by atoms with E-state index in [1.165, 1.54) is 24.5 Å². The molecule has 2 aromatic rings. The van der Waals surface area contributed by atoms with E-state index in [-0.39, 0.29) is 12.1 Å². The number of alkyl halides is 3. The van der Waals surface area contributed by atoms with Crippen molar-refractivity contribution < 1.29 is 27.5 Å². The molecule has 1 unspecified atom stereocenters. The normalized spacial score (nSPS) is 13.0. The van der Waals surface area contributed by atoms with E-state index < -0.39 is 23.8 Å². The van der Waals surface area contributed by atoms with Crippen LogP contribution in [-0.4, -0.2) is 17.6 Å². The van der Waals surface area contributed by atoms with Crippen molar-refractivity contribution in [3.8, 4) is 0 Å².